The number of nitrogens with zero attached hydrogens (tertiary/aromatic N) is 1. The van der Waals surface area contributed by atoms with Crippen LogP contribution in [0.4, 0.5) is 0 Å². The van der Waals surface area contributed by atoms with Crippen LogP contribution in [0.3, 0.4) is 0 Å². The lowest BCUT2D eigenvalue weighted by Crippen LogP contribution is -1.94. The molecule has 0 aliphatic rings. The SMILES string of the molecule is Cc1cccc(Cc2nc(C)c(CN)s2)c1. The van der Waals surface area contributed by atoms with Gasteiger partial charge in [-0.25, -0.2) is 4.98 Å². The topological polar surface area (TPSA) is 38.9 Å². The molecule has 3 heteroatoms. The molecule has 0 saturated heterocycles. The summed E-state index contributed by atoms with van der Waals surface area (Å²) in [4.78, 5) is 5.74. The summed E-state index contributed by atoms with van der Waals surface area (Å²) < 4.78 is 0. The van der Waals surface area contributed by atoms with Crippen molar-refractivity contribution in [2.24, 2.45) is 5.73 Å². The molecule has 0 aliphatic carbocycles. The number of nitrogens with two attached hydrogens (primary N) is 1. The molecule has 0 fully saturated rings. The number of hydrogen-bond donors (Lipinski definition) is 1. The smallest absolute Gasteiger partial charge is 0.0975 e. The van der Waals surface area contributed by atoms with E-state index in [2.05, 4.69) is 36.2 Å². The van der Waals surface area contributed by atoms with E-state index < -0.39 is 0 Å². The minimum absolute atomic E-state index is 0.595. The summed E-state index contributed by atoms with van der Waals surface area (Å²) in [7, 11) is 0. The molecular weight excluding hydrogens is 216 g/mol. The first-order chi connectivity index (χ1) is 7.69. The number of hydrogen-bond acceptors (Lipinski definition) is 3. The second-order valence-corrected chi connectivity index (χ2v) is 5.15. The number of aromatic nitrogens is 1. The predicted octanol–water partition coefficient (Wildman–Crippen LogP) is 2.81. The average Bonchev–Trinajstić information content (AvgIpc) is 2.58. The van der Waals surface area contributed by atoms with Crippen LogP contribution >= 0.6 is 11.3 Å². The Bertz CT molecular complexity index is 488. The van der Waals surface area contributed by atoms with Crippen LogP contribution in [-0.4, -0.2) is 4.98 Å². The molecule has 2 N–H and O–H groups in total. The van der Waals surface area contributed by atoms with Crippen molar-refractivity contribution in [2.75, 3.05) is 0 Å². The van der Waals surface area contributed by atoms with Gasteiger partial charge in [-0.15, -0.1) is 11.3 Å². The maximum atomic E-state index is 5.65. The number of rotatable bonds is 3. The molecule has 0 saturated carbocycles. The minimum atomic E-state index is 0.595. The molecule has 1 aromatic heterocycles. The van der Waals surface area contributed by atoms with E-state index in [9.17, 15) is 0 Å². The van der Waals surface area contributed by atoms with Crippen LogP contribution in [0.25, 0.3) is 0 Å². The van der Waals surface area contributed by atoms with Crippen LogP contribution in [0.15, 0.2) is 24.3 Å². The van der Waals surface area contributed by atoms with E-state index in [1.54, 1.807) is 11.3 Å². The van der Waals surface area contributed by atoms with Crippen LogP contribution in [0.2, 0.25) is 0 Å². The summed E-state index contributed by atoms with van der Waals surface area (Å²) in [6, 6.07) is 8.56. The normalized spacial score (nSPS) is 10.7. The van der Waals surface area contributed by atoms with Crippen LogP contribution in [0.1, 0.15) is 26.7 Å². The van der Waals surface area contributed by atoms with Gasteiger partial charge in [-0.3, -0.25) is 0 Å². The largest absolute Gasteiger partial charge is 0.326 e. The van der Waals surface area contributed by atoms with Gasteiger partial charge in [0.05, 0.1) is 10.7 Å². The quantitative estimate of drug-likeness (QED) is 0.883. The molecule has 0 atom stereocenters. The van der Waals surface area contributed by atoms with Crippen LogP contribution in [0.5, 0.6) is 0 Å². The van der Waals surface area contributed by atoms with Crippen molar-refractivity contribution in [1.29, 1.82) is 0 Å². The molecule has 0 unspecified atom stereocenters. The Morgan fingerprint density at radius 3 is 2.75 bits per heavy atom. The van der Waals surface area contributed by atoms with Crippen LogP contribution in [-0.2, 0) is 13.0 Å². The highest BCUT2D eigenvalue weighted by Gasteiger charge is 2.06. The Morgan fingerprint density at radius 1 is 1.31 bits per heavy atom. The van der Waals surface area contributed by atoms with Crippen molar-refractivity contribution in [3.63, 3.8) is 0 Å². The van der Waals surface area contributed by atoms with Crippen molar-refractivity contribution >= 4 is 11.3 Å². The van der Waals surface area contributed by atoms with Gasteiger partial charge in [0.25, 0.3) is 0 Å². The standard InChI is InChI=1S/C13H16N2S/c1-9-4-3-5-11(6-9)7-13-15-10(2)12(8-14)16-13/h3-6H,7-8,14H2,1-2H3. The van der Waals surface area contributed by atoms with Gasteiger partial charge in [0.15, 0.2) is 0 Å². The highest BCUT2D eigenvalue weighted by Crippen LogP contribution is 2.20. The second kappa shape index (κ2) is 4.76. The van der Waals surface area contributed by atoms with E-state index >= 15 is 0 Å². The monoisotopic (exact) mass is 232 g/mol. The molecule has 0 aliphatic heterocycles. The molecule has 2 aromatic rings. The van der Waals surface area contributed by atoms with E-state index in [0.29, 0.717) is 6.54 Å². The summed E-state index contributed by atoms with van der Waals surface area (Å²) in [5.74, 6) is 0. The fraction of sp³-hybridized carbons (Fsp3) is 0.308. The molecule has 1 aromatic carbocycles. The Hall–Kier alpha value is -1.19. The third-order valence-corrected chi connectivity index (χ3v) is 3.74. The predicted molar refractivity (Wildman–Crippen MR) is 68.7 cm³/mol. The van der Waals surface area contributed by atoms with Crippen LogP contribution in [0, 0.1) is 13.8 Å². The summed E-state index contributed by atoms with van der Waals surface area (Å²) in [6.45, 7) is 4.73. The van der Waals surface area contributed by atoms with Crippen molar-refractivity contribution in [3.05, 3.63) is 51.0 Å². The summed E-state index contributed by atoms with van der Waals surface area (Å²) in [5.41, 5.74) is 9.34. The van der Waals surface area contributed by atoms with Gasteiger partial charge >= 0.3 is 0 Å². The molecule has 1 heterocycles. The first-order valence-electron chi connectivity index (χ1n) is 5.40. The molecule has 84 valence electrons. The lowest BCUT2D eigenvalue weighted by Gasteiger charge is -1.99. The Labute approximate surface area is 100 Å². The fourth-order valence-corrected chi connectivity index (χ4v) is 2.73. The van der Waals surface area contributed by atoms with Gasteiger partial charge in [-0.05, 0) is 19.4 Å². The van der Waals surface area contributed by atoms with E-state index in [1.807, 2.05) is 6.92 Å². The van der Waals surface area contributed by atoms with E-state index in [4.69, 9.17) is 5.73 Å². The maximum Gasteiger partial charge on any atom is 0.0975 e. The summed E-state index contributed by atoms with van der Waals surface area (Å²) >= 11 is 1.72. The van der Waals surface area contributed by atoms with Crippen LogP contribution < -0.4 is 5.73 Å². The molecule has 0 radical (unpaired) electrons. The van der Waals surface area contributed by atoms with Crippen molar-refractivity contribution in [2.45, 2.75) is 26.8 Å². The van der Waals surface area contributed by atoms with Crippen molar-refractivity contribution < 1.29 is 0 Å². The maximum absolute atomic E-state index is 5.65. The number of benzene rings is 1. The molecule has 2 rings (SSSR count). The van der Waals surface area contributed by atoms with Crippen molar-refractivity contribution in [3.8, 4) is 0 Å². The second-order valence-electron chi connectivity index (χ2n) is 3.99. The zero-order valence-corrected chi connectivity index (χ0v) is 10.5. The van der Waals surface area contributed by atoms with Crippen molar-refractivity contribution in [1.82, 2.24) is 4.98 Å². The van der Waals surface area contributed by atoms with Gasteiger partial charge in [0.2, 0.25) is 0 Å². The number of aryl methyl sites for hydroxylation is 2. The minimum Gasteiger partial charge on any atom is -0.326 e. The fourth-order valence-electron chi connectivity index (χ4n) is 1.75. The molecule has 0 spiro atoms. The third kappa shape index (κ3) is 2.49. The average molecular weight is 232 g/mol. The molecule has 0 bridgehead atoms. The van der Waals surface area contributed by atoms with E-state index in [1.165, 1.54) is 16.0 Å². The van der Waals surface area contributed by atoms with Gasteiger partial charge < -0.3 is 5.73 Å². The van der Waals surface area contributed by atoms with Gasteiger partial charge in [0.1, 0.15) is 0 Å². The first-order valence-corrected chi connectivity index (χ1v) is 6.21. The van der Waals surface area contributed by atoms with Gasteiger partial charge in [-0.1, -0.05) is 29.8 Å². The van der Waals surface area contributed by atoms with Gasteiger partial charge in [-0.2, -0.15) is 0 Å². The Kier molecular flexibility index (Phi) is 3.36. The summed E-state index contributed by atoms with van der Waals surface area (Å²) in [5, 5.41) is 1.16. The lowest BCUT2D eigenvalue weighted by molar-refractivity contribution is 1.04. The Balaban J connectivity index is 2.20. The summed E-state index contributed by atoms with van der Waals surface area (Å²) in [6.07, 6.45) is 0.910. The molecule has 0 amide bonds. The Morgan fingerprint density at radius 2 is 2.12 bits per heavy atom. The van der Waals surface area contributed by atoms with E-state index in [-0.39, 0.29) is 0 Å². The highest BCUT2D eigenvalue weighted by atomic mass is 32.1. The molecule has 2 nitrogen and oxygen atoms in total. The highest BCUT2D eigenvalue weighted by molar-refractivity contribution is 7.11. The lowest BCUT2D eigenvalue weighted by atomic mass is 10.1. The number of thiazole rings is 1. The first kappa shape index (κ1) is 11.3. The zero-order valence-electron chi connectivity index (χ0n) is 9.66. The zero-order chi connectivity index (χ0) is 11.5. The third-order valence-electron chi connectivity index (χ3n) is 2.56. The molecular formula is C13H16N2S. The van der Waals surface area contributed by atoms with E-state index in [0.717, 1.165) is 17.1 Å². The molecule has 16 heavy (non-hydrogen) atoms. The van der Waals surface area contributed by atoms with Gasteiger partial charge in [0, 0.05) is 17.8 Å².